The Morgan fingerprint density at radius 2 is 1.80 bits per heavy atom. The fraction of sp³-hybridized carbons (Fsp3) is 1.00. The first-order valence-corrected chi connectivity index (χ1v) is 6.58. The van der Waals surface area contributed by atoms with Gasteiger partial charge in [-0.15, -0.1) is 11.6 Å². The molecule has 0 N–H and O–H groups in total. The summed E-state index contributed by atoms with van der Waals surface area (Å²) in [5, 5.41) is 0.412. The molecule has 0 amide bonds. The van der Waals surface area contributed by atoms with Gasteiger partial charge in [0.1, 0.15) is 0 Å². The van der Waals surface area contributed by atoms with Crippen molar-refractivity contribution in [3.05, 3.63) is 0 Å². The molecule has 1 nitrogen and oxygen atoms in total. The predicted molar refractivity (Wildman–Crippen MR) is 64.3 cm³/mol. The van der Waals surface area contributed by atoms with Gasteiger partial charge in [-0.25, -0.2) is 0 Å². The lowest BCUT2D eigenvalue weighted by Crippen LogP contribution is -2.32. The molecule has 1 heterocycles. The molecule has 88 valence electrons. The molecule has 2 rings (SSSR count). The summed E-state index contributed by atoms with van der Waals surface area (Å²) in [4.78, 5) is 0. The largest absolute Gasteiger partial charge is 0.369 e. The van der Waals surface area contributed by atoms with Gasteiger partial charge in [0.25, 0.3) is 0 Å². The number of rotatable bonds is 1. The lowest BCUT2D eigenvalue weighted by atomic mass is 9.77. The molecule has 1 saturated carbocycles. The fourth-order valence-corrected chi connectivity index (χ4v) is 4.02. The summed E-state index contributed by atoms with van der Waals surface area (Å²) in [5.74, 6) is 1.47. The van der Waals surface area contributed by atoms with E-state index in [1.54, 1.807) is 0 Å². The molecule has 1 aliphatic heterocycles. The van der Waals surface area contributed by atoms with E-state index in [1.807, 2.05) is 0 Å². The van der Waals surface area contributed by atoms with E-state index in [-0.39, 0.29) is 11.2 Å². The van der Waals surface area contributed by atoms with Gasteiger partial charge in [-0.05, 0) is 65.2 Å². The van der Waals surface area contributed by atoms with Crippen LogP contribution >= 0.6 is 11.6 Å². The maximum atomic E-state index is 6.21. The van der Waals surface area contributed by atoms with E-state index in [2.05, 4.69) is 27.7 Å². The Morgan fingerprint density at radius 1 is 1.13 bits per heavy atom. The zero-order valence-corrected chi connectivity index (χ0v) is 11.1. The molecule has 0 radical (unpaired) electrons. The van der Waals surface area contributed by atoms with E-state index >= 15 is 0 Å². The first-order chi connectivity index (χ1) is 6.80. The molecule has 0 aromatic heterocycles. The standard InChI is InChI=1S/C13H23ClO/c1-12(2)8-11(13(3,4)15-12)9-5-6-10(14)7-9/h9-11H,5-8H2,1-4H3. The Kier molecular flexibility index (Phi) is 2.84. The summed E-state index contributed by atoms with van der Waals surface area (Å²) in [7, 11) is 0. The Bertz CT molecular complexity index is 247. The van der Waals surface area contributed by atoms with Gasteiger partial charge in [-0.2, -0.15) is 0 Å². The molecule has 0 aromatic rings. The quantitative estimate of drug-likeness (QED) is 0.619. The Balaban J connectivity index is 2.09. The smallest absolute Gasteiger partial charge is 0.0665 e. The molecule has 1 aliphatic carbocycles. The monoisotopic (exact) mass is 230 g/mol. The van der Waals surface area contributed by atoms with E-state index in [4.69, 9.17) is 16.3 Å². The number of hydrogen-bond acceptors (Lipinski definition) is 1. The third-order valence-electron chi connectivity index (χ3n) is 4.12. The minimum absolute atomic E-state index is 0.0368. The van der Waals surface area contributed by atoms with Crippen LogP contribution in [0.1, 0.15) is 53.4 Å². The van der Waals surface area contributed by atoms with E-state index in [0.717, 1.165) is 5.92 Å². The molecule has 2 heteroatoms. The third-order valence-corrected chi connectivity index (χ3v) is 4.52. The molecule has 1 saturated heterocycles. The van der Waals surface area contributed by atoms with Crippen molar-refractivity contribution in [2.24, 2.45) is 11.8 Å². The molecule has 15 heavy (non-hydrogen) atoms. The number of hydrogen-bond donors (Lipinski definition) is 0. The number of alkyl halides is 1. The zero-order chi connectivity index (χ0) is 11.3. The zero-order valence-electron chi connectivity index (χ0n) is 10.3. The van der Waals surface area contributed by atoms with Crippen LogP contribution in [0.2, 0.25) is 0 Å². The summed E-state index contributed by atoms with van der Waals surface area (Å²) in [5.41, 5.74) is 0.0910. The van der Waals surface area contributed by atoms with Crippen molar-refractivity contribution in [3.63, 3.8) is 0 Å². The summed E-state index contributed by atoms with van der Waals surface area (Å²) in [6.07, 6.45) is 4.87. The van der Waals surface area contributed by atoms with Crippen LogP contribution in [0.15, 0.2) is 0 Å². The van der Waals surface area contributed by atoms with Crippen molar-refractivity contribution in [1.82, 2.24) is 0 Å². The van der Waals surface area contributed by atoms with Crippen molar-refractivity contribution >= 4 is 11.6 Å². The average molecular weight is 231 g/mol. The van der Waals surface area contributed by atoms with Gasteiger partial charge in [-0.1, -0.05) is 0 Å². The Hall–Kier alpha value is 0.250. The maximum absolute atomic E-state index is 6.21. The van der Waals surface area contributed by atoms with Crippen LogP contribution in [0.5, 0.6) is 0 Å². The highest BCUT2D eigenvalue weighted by molar-refractivity contribution is 6.20. The van der Waals surface area contributed by atoms with Crippen LogP contribution in [0, 0.1) is 11.8 Å². The van der Waals surface area contributed by atoms with Crippen molar-refractivity contribution in [3.8, 4) is 0 Å². The van der Waals surface area contributed by atoms with Gasteiger partial charge < -0.3 is 4.74 Å². The van der Waals surface area contributed by atoms with Crippen LogP contribution in [-0.4, -0.2) is 16.6 Å². The second kappa shape index (κ2) is 3.63. The lowest BCUT2D eigenvalue weighted by molar-refractivity contribution is -0.0797. The van der Waals surface area contributed by atoms with Crippen LogP contribution in [0.3, 0.4) is 0 Å². The van der Waals surface area contributed by atoms with Crippen LogP contribution in [0.4, 0.5) is 0 Å². The topological polar surface area (TPSA) is 9.23 Å². The third kappa shape index (κ3) is 2.34. The van der Waals surface area contributed by atoms with Crippen molar-refractivity contribution in [1.29, 1.82) is 0 Å². The second-order valence-corrected chi connectivity index (χ2v) is 7.06. The van der Waals surface area contributed by atoms with Gasteiger partial charge in [0.15, 0.2) is 0 Å². The van der Waals surface area contributed by atoms with E-state index < -0.39 is 0 Å². The molecular formula is C13H23ClO. The van der Waals surface area contributed by atoms with Gasteiger partial charge in [0, 0.05) is 5.38 Å². The highest BCUT2D eigenvalue weighted by Gasteiger charge is 2.49. The Morgan fingerprint density at radius 3 is 2.20 bits per heavy atom. The van der Waals surface area contributed by atoms with E-state index in [9.17, 15) is 0 Å². The summed E-state index contributed by atoms with van der Waals surface area (Å²) >= 11 is 6.21. The van der Waals surface area contributed by atoms with Gasteiger partial charge in [-0.3, -0.25) is 0 Å². The highest BCUT2D eigenvalue weighted by Crippen LogP contribution is 2.50. The maximum Gasteiger partial charge on any atom is 0.0665 e. The van der Waals surface area contributed by atoms with Crippen molar-refractivity contribution < 1.29 is 4.74 Å². The van der Waals surface area contributed by atoms with Crippen molar-refractivity contribution in [2.75, 3.05) is 0 Å². The Labute approximate surface area is 98.5 Å². The molecular weight excluding hydrogens is 208 g/mol. The molecule has 0 bridgehead atoms. The first-order valence-electron chi connectivity index (χ1n) is 6.14. The fourth-order valence-electron chi connectivity index (χ4n) is 3.66. The summed E-state index contributed by atoms with van der Waals surface area (Å²) in [6, 6.07) is 0. The SMILES string of the molecule is CC1(C)CC(C2CCC(Cl)C2)C(C)(C)O1. The number of ether oxygens (including phenoxy) is 1. The average Bonchev–Trinajstić information content (AvgIpc) is 2.52. The van der Waals surface area contributed by atoms with Crippen LogP contribution in [0.25, 0.3) is 0 Å². The molecule has 2 aliphatic rings. The van der Waals surface area contributed by atoms with Crippen LogP contribution in [-0.2, 0) is 4.74 Å². The van der Waals surface area contributed by atoms with Crippen LogP contribution < -0.4 is 0 Å². The molecule has 2 fully saturated rings. The normalized spacial score (nSPS) is 43.4. The molecule has 3 atom stereocenters. The molecule has 0 aromatic carbocycles. The molecule has 0 spiro atoms. The predicted octanol–water partition coefficient (Wildman–Crippen LogP) is 3.99. The summed E-state index contributed by atoms with van der Waals surface area (Å²) in [6.45, 7) is 8.91. The van der Waals surface area contributed by atoms with Gasteiger partial charge >= 0.3 is 0 Å². The highest BCUT2D eigenvalue weighted by atomic mass is 35.5. The van der Waals surface area contributed by atoms with E-state index in [1.165, 1.54) is 25.7 Å². The first kappa shape index (κ1) is 11.7. The lowest BCUT2D eigenvalue weighted by Gasteiger charge is -2.31. The minimum Gasteiger partial charge on any atom is -0.369 e. The second-order valence-electron chi connectivity index (χ2n) is 6.45. The molecule has 3 unspecified atom stereocenters. The van der Waals surface area contributed by atoms with Gasteiger partial charge in [0.05, 0.1) is 11.2 Å². The summed E-state index contributed by atoms with van der Waals surface area (Å²) < 4.78 is 6.15. The number of halogens is 1. The van der Waals surface area contributed by atoms with Gasteiger partial charge in [0.2, 0.25) is 0 Å². The van der Waals surface area contributed by atoms with Crippen molar-refractivity contribution in [2.45, 2.75) is 70.0 Å². The van der Waals surface area contributed by atoms with E-state index in [0.29, 0.717) is 11.3 Å². The minimum atomic E-state index is 0.0368.